The first kappa shape index (κ1) is 30.0. The minimum atomic E-state index is -4.70. The third kappa shape index (κ3) is 5.64. The summed E-state index contributed by atoms with van der Waals surface area (Å²) in [7, 11) is 0. The van der Waals surface area contributed by atoms with Crippen LogP contribution in [-0.2, 0) is 23.9 Å². The molecule has 3 heterocycles. The van der Waals surface area contributed by atoms with Crippen molar-refractivity contribution in [1.29, 1.82) is 0 Å². The number of nitrogens with zero attached hydrogens (tertiary/aromatic N) is 3. The van der Waals surface area contributed by atoms with Crippen LogP contribution in [0, 0.1) is 5.82 Å². The van der Waals surface area contributed by atoms with Gasteiger partial charge in [-0.25, -0.2) is 19.2 Å². The number of benzene rings is 2. The summed E-state index contributed by atoms with van der Waals surface area (Å²) in [5.41, 5.74) is 3.63. The fourth-order valence-electron chi connectivity index (χ4n) is 5.38. The molecule has 1 atom stereocenters. The van der Waals surface area contributed by atoms with Crippen molar-refractivity contribution in [1.82, 2.24) is 14.9 Å². The summed E-state index contributed by atoms with van der Waals surface area (Å²) in [5.74, 6) is -2.44. The molecule has 2 aromatic heterocycles. The number of alkyl halides is 3. The maximum absolute atomic E-state index is 13.9. The zero-order valence-corrected chi connectivity index (χ0v) is 23.2. The Hall–Kier alpha value is -4.52. The second kappa shape index (κ2) is 11.3. The van der Waals surface area contributed by atoms with E-state index in [0.717, 1.165) is 6.07 Å². The van der Waals surface area contributed by atoms with Crippen LogP contribution >= 0.6 is 0 Å². The molecule has 0 saturated carbocycles. The Morgan fingerprint density at radius 2 is 1.84 bits per heavy atom. The highest BCUT2D eigenvalue weighted by molar-refractivity contribution is 6.00. The van der Waals surface area contributed by atoms with Gasteiger partial charge < -0.3 is 24.9 Å². The molecule has 1 aliphatic heterocycles. The number of carboxylic acid groups (broad SMARTS) is 1. The summed E-state index contributed by atoms with van der Waals surface area (Å²) in [6.45, 7) is 3.30. The normalized spacial score (nSPS) is 17.2. The molecule has 2 aromatic carbocycles. The van der Waals surface area contributed by atoms with E-state index in [9.17, 15) is 32.3 Å². The largest absolute Gasteiger partial charge is 0.489 e. The fraction of sp³-hybridized carbons (Fsp3) is 0.333. The van der Waals surface area contributed by atoms with E-state index in [1.807, 2.05) is 0 Å². The number of carbonyl (C=O) groups is 2. The maximum Gasteiger partial charge on any atom is 0.433 e. The van der Waals surface area contributed by atoms with Crippen molar-refractivity contribution in [2.45, 2.75) is 57.5 Å². The third-order valence-corrected chi connectivity index (χ3v) is 7.33. The minimum absolute atomic E-state index is 0.0245. The van der Waals surface area contributed by atoms with Crippen molar-refractivity contribution in [2.75, 3.05) is 6.54 Å². The van der Waals surface area contributed by atoms with Crippen molar-refractivity contribution in [3.05, 3.63) is 77.1 Å². The van der Waals surface area contributed by atoms with Gasteiger partial charge in [-0.3, -0.25) is 4.79 Å². The molecule has 1 saturated heterocycles. The lowest BCUT2D eigenvalue weighted by Gasteiger charge is -2.34. The molecule has 0 bridgehead atoms. The molecule has 226 valence electrons. The zero-order chi connectivity index (χ0) is 31.1. The van der Waals surface area contributed by atoms with E-state index in [4.69, 9.17) is 14.9 Å². The molecule has 13 heteroatoms. The van der Waals surface area contributed by atoms with E-state index in [0.29, 0.717) is 12.0 Å². The molecule has 4 aromatic rings. The van der Waals surface area contributed by atoms with Gasteiger partial charge in [0.2, 0.25) is 5.89 Å². The SMILES string of the molecule is CC(C)Oc1ccc(-c2nc(C(=O)N3CCCC3(Cc3ccc(F)cc3)C(=O)O)c(CN)o2)c2ccc(C(F)(F)F)nc12. The van der Waals surface area contributed by atoms with E-state index in [2.05, 4.69) is 9.97 Å². The summed E-state index contributed by atoms with van der Waals surface area (Å²) >= 11 is 0. The number of hydrogen-bond donors (Lipinski definition) is 2. The van der Waals surface area contributed by atoms with Gasteiger partial charge >= 0.3 is 12.1 Å². The van der Waals surface area contributed by atoms with Crippen LogP contribution < -0.4 is 10.5 Å². The highest BCUT2D eigenvalue weighted by atomic mass is 19.4. The zero-order valence-electron chi connectivity index (χ0n) is 23.2. The average molecular weight is 601 g/mol. The first-order valence-corrected chi connectivity index (χ1v) is 13.5. The van der Waals surface area contributed by atoms with Crippen LogP contribution in [0.3, 0.4) is 0 Å². The van der Waals surface area contributed by atoms with Gasteiger partial charge in [0.25, 0.3) is 5.91 Å². The molecular formula is C30H28F4N4O5. The van der Waals surface area contributed by atoms with E-state index in [1.165, 1.54) is 47.4 Å². The van der Waals surface area contributed by atoms with Crippen LogP contribution in [0.2, 0.25) is 0 Å². The van der Waals surface area contributed by atoms with Crippen molar-refractivity contribution in [3.8, 4) is 17.2 Å². The van der Waals surface area contributed by atoms with Crippen molar-refractivity contribution in [3.63, 3.8) is 0 Å². The van der Waals surface area contributed by atoms with Crippen LogP contribution in [0.25, 0.3) is 22.4 Å². The summed E-state index contributed by atoms with van der Waals surface area (Å²) < 4.78 is 65.5. The summed E-state index contributed by atoms with van der Waals surface area (Å²) in [4.78, 5) is 35.9. The van der Waals surface area contributed by atoms with E-state index < -0.39 is 35.1 Å². The van der Waals surface area contributed by atoms with Crippen LogP contribution in [0.5, 0.6) is 5.75 Å². The average Bonchev–Trinajstić information content (AvgIpc) is 3.58. The van der Waals surface area contributed by atoms with Gasteiger partial charge in [0, 0.05) is 23.9 Å². The van der Waals surface area contributed by atoms with E-state index >= 15 is 0 Å². The van der Waals surface area contributed by atoms with Crippen LogP contribution in [0.15, 0.2) is 52.9 Å². The number of rotatable bonds is 8. The standard InChI is InChI=1S/C30H28F4N4O5/c1-16(2)42-21-10-8-20(19-9-11-23(30(32,33)34)36-24(19)21)26-37-25(22(15-35)43-26)27(39)38-13-3-12-29(38,28(40)41)14-17-4-6-18(31)7-5-17/h4-11,16H,3,12-15,35H2,1-2H3,(H,40,41). The van der Waals surface area contributed by atoms with Crippen molar-refractivity contribution in [2.24, 2.45) is 5.73 Å². The lowest BCUT2D eigenvalue weighted by atomic mass is 9.88. The molecule has 1 fully saturated rings. The number of oxazole rings is 1. The molecule has 43 heavy (non-hydrogen) atoms. The quantitative estimate of drug-likeness (QED) is 0.250. The molecule has 0 spiro atoms. The lowest BCUT2D eigenvalue weighted by molar-refractivity contribution is -0.148. The molecule has 9 nitrogen and oxygen atoms in total. The van der Waals surface area contributed by atoms with Crippen LogP contribution in [0.1, 0.15) is 54.2 Å². The Morgan fingerprint density at radius 3 is 2.47 bits per heavy atom. The number of ether oxygens (including phenoxy) is 1. The topological polar surface area (TPSA) is 132 Å². The number of fused-ring (bicyclic) bond motifs is 1. The van der Waals surface area contributed by atoms with E-state index in [-0.39, 0.29) is 71.6 Å². The highest BCUT2D eigenvalue weighted by Crippen LogP contribution is 2.39. The Balaban J connectivity index is 1.57. The van der Waals surface area contributed by atoms with Crippen molar-refractivity contribution < 1.29 is 41.4 Å². The molecule has 5 rings (SSSR count). The first-order chi connectivity index (χ1) is 20.3. The third-order valence-electron chi connectivity index (χ3n) is 7.33. The van der Waals surface area contributed by atoms with Crippen LogP contribution in [0.4, 0.5) is 17.6 Å². The van der Waals surface area contributed by atoms with E-state index in [1.54, 1.807) is 13.8 Å². The Bertz CT molecular complexity index is 1690. The number of pyridine rings is 1. The van der Waals surface area contributed by atoms with Crippen LogP contribution in [-0.4, -0.2) is 50.0 Å². The second-order valence-electron chi connectivity index (χ2n) is 10.6. The number of aliphatic carboxylic acids is 1. The number of carbonyl (C=O) groups excluding carboxylic acids is 1. The number of hydrogen-bond acceptors (Lipinski definition) is 7. The number of nitrogens with two attached hydrogens (primary N) is 1. The number of likely N-dealkylation sites (tertiary alicyclic amines) is 1. The van der Waals surface area contributed by atoms with Gasteiger partial charge in [-0.1, -0.05) is 12.1 Å². The first-order valence-electron chi connectivity index (χ1n) is 13.5. The predicted molar refractivity (Wildman–Crippen MR) is 147 cm³/mol. The van der Waals surface area contributed by atoms with Gasteiger partial charge in [0.05, 0.1) is 12.6 Å². The van der Waals surface area contributed by atoms with Gasteiger partial charge in [-0.2, -0.15) is 13.2 Å². The number of carboxylic acids is 1. The van der Waals surface area contributed by atoms with Gasteiger partial charge in [0.1, 0.15) is 28.3 Å². The smallest absolute Gasteiger partial charge is 0.433 e. The summed E-state index contributed by atoms with van der Waals surface area (Å²) in [5, 5.41) is 10.5. The molecule has 3 N–H and O–H groups in total. The Kier molecular flexibility index (Phi) is 7.86. The maximum atomic E-state index is 13.9. The molecule has 1 unspecified atom stereocenters. The van der Waals surface area contributed by atoms with Gasteiger partial charge in [-0.05, 0) is 68.7 Å². The van der Waals surface area contributed by atoms with Crippen molar-refractivity contribution >= 4 is 22.8 Å². The predicted octanol–water partition coefficient (Wildman–Crippen LogP) is 5.60. The Labute approximate surface area is 243 Å². The Morgan fingerprint density at radius 1 is 1.12 bits per heavy atom. The number of aromatic nitrogens is 2. The molecule has 1 amide bonds. The number of halogens is 4. The second-order valence-corrected chi connectivity index (χ2v) is 10.6. The molecule has 0 radical (unpaired) electrons. The molecular weight excluding hydrogens is 572 g/mol. The molecule has 0 aliphatic carbocycles. The van der Waals surface area contributed by atoms with Gasteiger partial charge in [-0.15, -0.1) is 0 Å². The number of amides is 1. The lowest BCUT2D eigenvalue weighted by Crippen LogP contribution is -2.54. The minimum Gasteiger partial charge on any atom is -0.489 e. The van der Waals surface area contributed by atoms with Gasteiger partial charge in [0.15, 0.2) is 11.5 Å². The highest BCUT2D eigenvalue weighted by Gasteiger charge is 2.51. The fourth-order valence-corrected chi connectivity index (χ4v) is 5.38. The monoisotopic (exact) mass is 600 g/mol. The summed E-state index contributed by atoms with van der Waals surface area (Å²) in [6, 6.07) is 10.4. The molecule has 1 aliphatic rings. The summed E-state index contributed by atoms with van der Waals surface area (Å²) in [6.07, 6.45) is -4.56.